The summed E-state index contributed by atoms with van der Waals surface area (Å²) in [6, 6.07) is 8.45. The van der Waals surface area contributed by atoms with Crippen LogP contribution in [0.4, 0.5) is 0 Å². The van der Waals surface area contributed by atoms with Crippen LogP contribution >= 0.6 is 0 Å². The summed E-state index contributed by atoms with van der Waals surface area (Å²) in [6.45, 7) is 6.14. The Bertz CT molecular complexity index is 1390. The molecule has 2 aliphatic rings. The van der Waals surface area contributed by atoms with Gasteiger partial charge in [-0.2, -0.15) is 5.10 Å². The molecule has 12 heteroatoms. The highest BCUT2D eigenvalue weighted by Gasteiger charge is 2.25. The van der Waals surface area contributed by atoms with Gasteiger partial charge in [-0.25, -0.2) is 14.8 Å². The predicted octanol–water partition coefficient (Wildman–Crippen LogP) is 1.46. The number of carboxylic acid groups (broad SMARTS) is 1. The van der Waals surface area contributed by atoms with E-state index in [0.29, 0.717) is 36.6 Å². The molecule has 2 aromatic heterocycles. The molecule has 1 amide bonds. The van der Waals surface area contributed by atoms with Crippen molar-refractivity contribution in [2.24, 2.45) is 9.98 Å². The van der Waals surface area contributed by atoms with Crippen molar-refractivity contribution in [1.29, 1.82) is 0 Å². The van der Waals surface area contributed by atoms with Crippen LogP contribution in [0.15, 0.2) is 46.6 Å². The molecule has 0 radical (unpaired) electrons. The van der Waals surface area contributed by atoms with E-state index in [1.54, 1.807) is 18.0 Å². The van der Waals surface area contributed by atoms with Crippen LogP contribution in [-0.4, -0.2) is 72.3 Å². The third-order valence-electron chi connectivity index (χ3n) is 6.63. The summed E-state index contributed by atoms with van der Waals surface area (Å²) in [5.74, 6) is -1.01. The molecule has 3 heterocycles. The SMILES string of the molecule is C=N/C(=N\C=C(/C)c1cn(CC(=O)N2CCc3[nH]nnc3C2)nc1C(=O)O)NC1Cc2ccccc2C1. The number of guanidine groups is 1. The average Bonchev–Trinajstić information content (AvgIpc) is 3.63. The molecule has 0 unspecified atom stereocenters. The quantitative estimate of drug-likeness (QED) is 0.341. The molecule has 1 aromatic carbocycles. The molecule has 5 rings (SSSR count). The molecular weight excluding hydrogens is 474 g/mol. The van der Waals surface area contributed by atoms with Gasteiger partial charge in [0.15, 0.2) is 5.69 Å². The van der Waals surface area contributed by atoms with Crippen molar-refractivity contribution < 1.29 is 14.7 Å². The van der Waals surface area contributed by atoms with E-state index in [4.69, 9.17) is 0 Å². The van der Waals surface area contributed by atoms with Gasteiger partial charge in [0.2, 0.25) is 11.9 Å². The standard InChI is InChI=1S/C25H27N9O3/c1-15(11-27-25(26-2)28-18-9-16-5-3-4-6-17(16)10-18)19-12-34(31-23(19)24(36)37)14-22(35)33-8-7-20-21(13-33)30-32-29-20/h3-6,11-12,18H,2,7-10,13-14H2,1H3,(H,27,28)(H,36,37)(H,29,30,32)/b15-11+. The first kappa shape index (κ1) is 24.1. The lowest BCUT2D eigenvalue weighted by molar-refractivity contribution is -0.133. The maximum Gasteiger partial charge on any atom is 0.357 e. The number of hydrogen-bond acceptors (Lipinski definition) is 6. The summed E-state index contributed by atoms with van der Waals surface area (Å²) >= 11 is 0. The van der Waals surface area contributed by atoms with Gasteiger partial charge in [0.05, 0.1) is 12.2 Å². The summed E-state index contributed by atoms with van der Waals surface area (Å²) in [6.07, 6.45) is 5.46. The van der Waals surface area contributed by atoms with E-state index in [2.05, 4.69) is 54.7 Å². The molecule has 0 bridgehead atoms. The number of fused-ring (bicyclic) bond motifs is 2. The number of aromatic amines is 1. The highest BCUT2D eigenvalue weighted by molar-refractivity contribution is 5.92. The maximum atomic E-state index is 12.9. The molecule has 12 nitrogen and oxygen atoms in total. The minimum Gasteiger partial charge on any atom is -0.476 e. The number of nitrogens with one attached hydrogen (secondary N) is 2. The number of hydrogen-bond donors (Lipinski definition) is 3. The van der Waals surface area contributed by atoms with Crippen molar-refractivity contribution >= 4 is 30.1 Å². The van der Waals surface area contributed by atoms with Crippen molar-refractivity contribution in [3.8, 4) is 0 Å². The van der Waals surface area contributed by atoms with Crippen molar-refractivity contribution in [2.45, 2.75) is 45.3 Å². The number of aromatic nitrogens is 5. The van der Waals surface area contributed by atoms with Crippen molar-refractivity contribution in [3.05, 3.63) is 70.4 Å². The molecule has 3 N–H and O–H groups in total. The lowest BCUT2D eigenvalue weighted by Crippen LogP contribution is -2.38. The van der Waals surface area contributed by atoms with Crippen molar-refractivity contribution in [3.63, 3.8) is 0 Å². The fourth-order valence-electron chi connectivity index (χ4n) is 4.70. The first-order valence-electron chi connectivity index (χ1n) is 11.9. The summed E-state index contributed by atoms with van der Waals surface area (Å²) in [5.41, 5.74) is 5.06. The van der Waals surface area contributed by atoms with Gasteiger partial charge in [-0.1, -0.05) is 29.5 Å². The van der Waals surface area contributed by atoms with Crippen LogP contribution in [0, 0.1) is 0 Å². The Morgan fingerprint density at radius 3 is 2.76 bits per heavy atom. The van der Waals surface area contributed by atoms with Gasteiger partial charge in [0.25, 0.3) is 0 Å². The molecular formula is C25H27N9O3. The monoisotopic (exact) mass is 501 g/mol. The molecule has 0 saturated heterocycles. The van der Waals surface area contributed by atoms with Crippen molar-refractivity contribution in [2.75, 3.05) is 6.54 Å². The molecule has 190 valence electrons. The molecule has 3 aromatic rings. The first-order chi connectivity index (χ1) is 17.9. The Kier molecular flexibility index (Phi) is 6.62. The topological polar surface area (TPSA) is 154 Å². The third-order valence-corrected chi connectivity index (χ3v) is 6.63. The largest absolute Gasteiger partial charge is 0.476 e. The lowest BCUT2D eigenvalue weighted by atomic mass is 10.1. The predicted molar refractivity (Wildman–Crippen MR) is 136 cm³/mol. The van der Waals surface area contributed by atoms with Crippen LogP contribution in [0.2, 0.25) is 0 Å². The van der Waals surface area contributed by atoms with Gasteiger partial charge in [0.1, 0.15) is 12.2 Å². The summed E-state index contributed by atoms with van der Waals surface area (Å²) < 4.78 is 1.35. The van der Waals surface area contributed by atoms with E-state index in [9.17, 15) is 14.7 Å². The van der Waals surface area contributed by atoms with E-state index < -0.39 is 5.97 Å². The Morgan fingerprint density at radius 1 is 1.30 bits per heavy atom. The number of carbonyl (C=O) groups excluding carboxylic acids is 1. The van der Waals surface area contributed by atoms with E-state index in [0.717, 1.165) is 24.2 Å². The Hall–Kier alpha value is -4.61. The van der Waals surface area contributed by atoms with Gasteiger partial charge < -0.3 is 15.3 Å². The maximum absolute atomic E-state index is 12.9. The molecule has 37 heavy (non-hydrogen) atoms. The number of carbonyl (C=O) groups is 2. The molecule has 1 aliphatic heterocycles. The number of carboxylic acids is 1. The zero-order valence-electron chi connectivity index (χ0n) is 20.4. The van der Waals surface area contributed by atoms with Crippen molar-refractivity contribution in [1.82, 2.24) is 35.4 Å². The second-order valence-corrected chi connectivity index (χ2v) is 9.14. The minimum atomic E-state index is -1.19. The van der Waals surface area contributed by atoms with Crippen LogP contribution in [0.1, 0.15) is 45.5 Å². The number of aromatic carboxylic acids is 1. The molecule has 0 fully saturated rings. The fourth-order valence-corrected chi connectivity index (χ4v) is 4.70. The number of H-pyrrole nitrogens is 1. The zero-order chi connectivity index (χ0) is 25.9. The fraction of sp³-hybridized carbons (Fsp3) is 0.320. The van der Waals surface area contributed by atoms with Crippen LogP contribution in [0.5, 0.6) is 0 Å². The Morgan fingerprint density at radius 2 is 2.05 bits per heavy atom. The molecule has 1 aliphatic carbocycles. The van der Waals surface area contributed by atoms with Crippen LogP contribution in [0.25, 0.3) is 5.57 Å². The van der Waals surface area contributed by atoms with Crippen LogP contribution in [0.3, 0.4) is 0 Å². The second-order valence-electron chi connectivity index (χ2n) is 9.14. The number of amides is 1. The minimum absolute atomic E-state index is 0.0900. The Balaban J connectivity index is 1.28. The van der Waals surface area contributed by atoms with Gasteiger partial charge >= 0.3 is 5.97 Å². The number of allylic oxidation sites excluding steroid dienone is 1. The summed E-state index contributed by atoms with van der Waals surface area (Å²) in [7, 11) is 0. The Labute approximate surface area is 212 Å². The zero-order valence-corrected chi connectivity index (χ0v) is 20.4. The van der Waals surface area contributed by atoms with Gasteiger partial charge in [0, 0.05) is 37.0 Å². The van der Waals surface area contributed by atoms with Crippen LogP contribution in [-0.2, 0) is 37.1 Å². The highest BCUT2D eigenvalue weighted by Crippen LogP contribution is 2.22. The lowest BCUT2D eigenvalue weighted by Gasteiger charge is -2.25. The van der Waals surface area contributed by atoms with Gasteiger partial charge in [-0.3, -0.25) is 14.6 Å². The second kappa shape index (κ2) is 10.2. The van der Waals surface area contributed by atoms with E-state index in [1.807, 2.05) is 12.1 Å². The number of rotatable bonds is 6. The summed E-state index contributed by atoms with van der Waals surface area (Å²) in [5, 5.41) is 27.8. The van der Waals surface area contributed by atoms with E-state index in [-0.39, 0.29) is 24.2 Å². The van der Waals surface area contributed by atoms with Gasteiger partial charge in [-0.05, 0) is 43.2 Å². The number of aliphatic imine (C=N–C) groups is 2. The third kappa shape index (κ3) is 5.17. The first-order valence-corrected chi connectivity index (χ1v) is 11.9. The number of benzene rings is 1. The smallest absolute Gasteiger partial charge is 0.357 e. The molecule has 0 spiro atoms. The van der Waals surface area contributed by atoms with E-state index in [1.165, 1.54) is 22.0 Å². The van der Waals surface area contributed by atoms with Gasteiger partial charge in [-0.15, -0.1) is 5.10 Å². The van der Waals surface area contributed by atoms with E-state index >= 15 is 0 Å². The molecule has 0 atom stereocenters. The molecule has 0 saturated carbocycles. The normalized spacial score (nSPS) is 15.9. The van der Waals surface area contributed by atoms with Crippen LogP contribution < -0.4 is 5.32 Å². The average molecular weight is 502 g/mol. The highest BCUT2D eigenvalue weighted by atomic mass is 16.4. The summed E-state index contributed by atoms with van der Waals surface area (Å²) in [4.78, 5) is 34.8. The number of nitrogens with zero attached hydrogens (tertiary/aromatic N) is 7.